The molecule has 8 nitrogen and oxygen atoms in total. The van der Waals surface area contributed by atoms with E-state index in [0.717, 1.165) is 42.3 Å². The number of likely N-dealkylation sites (tertiary alicyclic amines) is 1. The van der Waals surface area contributed by atoms with Gasteiger partial charge in [0.2, 0.25) is 17.7 Å². The zero-order chi connectivity index (χ0) is 30.7. The number of nitrogens with zero attached hydrogens (tertiary/aromatic N) is 2. The van der Waals surface area contributed by atoms with Crippen LogP contribution < -0.4 is 16.4 Å². The number of nitrogens with one attached hydrogen (secondary N) is 2. The topological polar surface area (TPSA) is 117 Å². The van der Waals surface area contributed by atoms with Crippen molar-refractivity contribution in [3.8, 4) is 0 Å². The van der Waals surface area contributed by atoms with Gasteiger partial charge in [-0.15, -0.1) is 0 Å². The number of amides is 3. The Bertz CT molecular complexity index is 1540. The van der Waals surface area contributed by atoms with E-state index in [2.05, 4.69) is 39.9 Å². The minimum Gasteiger partial charge on any atom is -0.370 e. The van der Waals surface area contributed by atoms with Crippen LogP contribution in [0.15, 0.2) is 97.2 Å². The van der Waals surface area contributed by atoms with Crippen LogP contribution in [0.4, 0.5) is 0 Å². The van der Waals surface area contributed by atoms with Crippen LogP contribution in [-0.4, -0.2) is 52.3 Å². The molecule has 3 aromatic carbocycles. The Morgan fingerprint density at radius 3 is 2.34 bits per heavy atom. The maximum absolute atomic E-state index is 14.3. The van der Waals surface area contributed by atoms with Crippen molar-refractivity contribution in [1.29, 1.82) is 0 Å². The standard InChI is InChI=1S/C36H41N5O3/c37-34(42)16-9-17-35(43)40-33(23-27-12-5-2-6-13-27)36(44)41-21-19-29(24-30(41)22-26-10-3-1-4-11-26)39-25-28-18-20-38-32-15-8-7-14-31(28)32/h1-8,10-15,18,20,29-30,33,39H,9,16-17,19,21-25H2,(H2,37,42)(H,40,43)/t29-,30+,33-/m0/s1. The van der Waals surface area contributed by atoms with E-state index in [1.165, 1.54) is 11.1 Å². The van der Waals surface area contributed by atoms with Gasteiger partial charge in [0.25, 0.3) is 0 Å². The molecule has 1 aliphatic heterocycles. The second kappa shape index (κ2) is 15.3. The fourth-order valence-electron chi connectivity index (χ4n) is 6.11. The van der Waals surface area contributed by atoms with E-state index in [4.69, 9.17) is 5.73 Å². The molecule has 1 aliphatic rings. The van der Waals surface area contributed by atoms with E-state index in [-0.39, 0.29) is 36.7 Å². The molecule has 3 atom stereocenters. The van der Waals surface area contributed by atoms with E-state index in [1.54, 1.807) is 0 Å². The molecule has 228 valence electrons. The average Bonchev–Trinajstić information content (AvgIpc) is 3.04. The number of benzene rings is 3. The molecule has 2 heterocycles. The molecule has 0 bridgehead atoms. The van der Waals surface area contributed by atoms with Crippen molar-refractivity contribution in [2.45, 2.75) is 69.6 Å². The molecule has 0 unspecified atom stereocenters. The number of primary amides is 1. The van der Waals surface area contributed by atoms with E-state index in [0.29, 0.717) is 19.4 Å². The lowest BCUT2D eigenvalue weighted by Crippen LogP contribution is -2.57. The van der Waals surface area contributed by atoms with Gasteiger partial charge in [-0.1, -0.05) is 78.9 Å². The number of nitrogens with two attached hydrogens (primary N) is 1. The van der Waals surface area contributed by atoms with E-state index < -0.39 is 11.9 Å². The SMILES string of the molecule is NC(=O)CCCC(=O)N[C@@H](Cc1ccccc1)C(=O)N1CC[C@H](NCc2ccnc3ccccc23)C[C@H]1Cc1ccccc1. The minimum atomic E-state index is -0.704. The highest BCUT2D eigenvalue weighted by molar-refractivity contribution is 5.88. The molecule has 0 spiro atoms. The molecular formula is C36H41N5O3. The van der Waals surface area contributed by atoms with Crippen LogP contribution in [-0.2, 0) is 33.8 Å². The van der Waals surface area contributed by atoms with E-state index >= 15 is 0 Å². The third-order valence-electron chi connectivity index (χ3n) is 8.38. The van der Waals surface area contributed by atoms with Crippen molar-refractivity contribution in [2.24, 2.45) is 5.73 Å². The largest absolute Gasteiger partial charge is 0.370 e. The summed E-state index contributed by atoms with van der Waals surface area (Å²) >= 11 is 0. The number of aromatic nitrogens is 1. The zero-order valence-corrected chi connectivity index (χ0v) is 25.0. The van der Waals surface area contributed by atoms with Gasteiger partial charge in [-0.05, 0) is 54.5 Å². The van der Waals surface area contributed by atoms with Crippen molar-refractivity contribution < 1.29 is 14.4 Å². The van der Waals surface area contributed by atoms with Crippen molar-refractivity contribution in [3.05, 3.63) is 114 Å². The number of fused-ring (bicyclic) bond motifs is 1. The Morgan fingerprint density at radius 2 is 1.59 bits per heavy atom. The predicted molar refractivity (Wildman–Crippen MR) is 172 cm³/mol. The summed E-state index contributed by atoms with van der Waals surface area (Å²) in [6.45, 7) is 1.31. The summed E-state index contributed by atoms with van der Waals surface area (Å²) in [5.74, 6) is -0.759. The average molecular weight is 592 g/mol. The highest BCUT2D eigenvalue weighted by Gasteiger charge is 2.35. The summed E-state index contributed by atoms with van der Waals surface area (Å²) in [4.78, 5) is 44.8. The summed E-state index contributed by atoms with van der Waals surface area (Å²) in [6, 6.07) is 29.7. The van der Waals surface area contributed by atoms with Crippen LogP contribution >= 0.6 is 0 Å². The van der Waals surface area contributed by atoms with Crippen molar-refractivity contribution in [2.75, 3.05) is 6.54 Å². The molecule has 0 aliphatic carbocycles. The summed E-state index contributed by atoms with van der Waals surface area (Å²) < 4.78 is 0. The summed E-state index contributed by atoms with van der Waals surface area (Å²) in [7, 11) is 0. The molecule has 44 heavy (non-hydrogen) atoms. The molecule has 1 saturated heterocycles. The van der Waals surface area contributed by atoms with Crippen LogP contribution in [0.25, 0.3) is 10.9 Å². The number of piperidine rings is 1. The summed E-state index contributed by atoms with van der Waals surface area (Å²) in [6.07, 6.45) is 5.23. The molecule has 4 aromatic rings. The number of rotatable bonds is 13. The minimum absolute atomic E-state index is 0.0321. The van der Waals surface area contributed by atoms with Gasteiger partial charge in [-0.3, -0.25) is 19.4 Å². The van der Waals surface area contributed by atoms with Gasteiger partial charge >= 0.3 is 0 Å². The lowest BCUT2D eigenvalue weighted by Gasteiger charge is -2.41. The van der Waals surface area contributed by atoms with E-state index in [9.17, 15) is 14.4 Å². The lowest BCUT2D eigenvalue weighted by atomic mass is 9.90. The first kappa shape index (κ1) is 30.9. The number of para-hydroxylation sites is 1. The van der Waals surface area contributed by atoms with Gasteiger partial charge in [-0.2, -0.15) is 0 Å². The molecule has 8 heteroatoms. The second-order valence-electron chi connectivity index (χ2n) is 11.6. The smallest absolute Gasteiger partial charge is 0.245 e. The highest BCUT2D eigenvalue weighted by atomic mass is 16.2. The van der Waals surface area contributed by atoms with Gasteiger partial charge in [0.15, 0.2) is 0 Å². The molecule has 3 amide bonds. The van der Waals surface area contributed by atoms with Crippen LogP contribution in [0.2, 0.25) is 0 Å². The Hall–Kier alpha value is -4.56. The fraction of sp³-hybridized carbons (Fsp3) is 0.333. The first-order chi connectivity index (χ1) is 21.5. The van der Waals surface area contributed by atoms with Gasteiger partial charge in [0.1, 0.15) is 6.04 Å². The van der Waals surface area contributed by atoms with Gasteiger partial charge < -0.3 is 21.3 Å². The van der Waals surface area contributed by atoms with Crippen molar-refractivity contribution in [3.63, 3.8) is 0 Å². The number of carbonyl (C=O) groups excluding carboxylic acids is 3. The Balaban J connectivity index is 1.32. The molecular weight excluding hydrogens is 550 g/mol. The highest BCUT2D eigenvalue weighted by Crippen LogP contribution is 2.24. The van der Waals surface area contributed by atoms with Crippen molar-refractivity contribution >= 4 is 28.6 Å². The zero-order valence-electron chi connectivity index (χ0n) is 25.0. The first-order valence-electron chi connectivity index (χ1n) is 15.5. The van der Waals surface area contributed by atoms with Gasteiger partial charge in [-0.25, -0.2) is 0 Å². The van der Waals surface area contributed by atoms with Gasteiger partial charge in [0.05, 0.1) is 5.52 Å². The normalized spacial score (nSPS) is 17.2. The quantitative estimate of drug-likeness (QED) is 0.214. The number of carbonyl (C=O) groups is 3. The molecule has 4 N–H and O–H groups in total. The van der Waals surface area contributed by atoms with E-state index in [1.807, 2.05) is 77.8 Å². The maximum atomic E-state index is 14.3. The molecule has 0 radical (unpaired) electrons. The van der Waals surface area contributed by atoms with Crippen LogP contribution in [0, 0.1) is 0 Å². The molecule has 0 saturated carbocycles. The second-order valence-corrected chi connectivity index (χ2v) is 11.6. The molecule has 5 rings (SSSR count). The predicted octanol–water partition coefficient (Wildman–Crippen LogP) is 4.31. The maximum Gasteiger partial charge on any atom is 0.245 e. The Morgan fingerprint density at radius 1 is 0.886 bits per heavy atom. The van der Waals surface area contributed by atoms with Crippen LogP contribution in [0.5, 0.6) is 0 Å². The van der Waals surface area contributed by atoms with Crippen LogP contribution in [0.3, 0.4) is 0 Å². The Labute approximate surface area is 259 Å². The monoisotopic (exact) mass is 591 g/mol. The molecule has 1 aromatic heterocycles. The number of hydrogen-bond acceptors (Lipinski definition) is 5. The fourth-order valence-corrected chi connectivity index (χ4v) is 6.11. The summed E-state index contributed by atoms with van der Waals surface area (Å²) in [5, 5.41) is 7.90. The lowest BCUT2D eigenvalue weighted by molar-refractivity contribution is -0.140. The number of hydrogen-bond donors (Lipinski definition) is 3. The Kier molecular flexibility index (Phi) is 10.7. The first-order valence-corrected chi connectivity index (χ1v) is 15.5. The molecule has 1 fully saturated rings. The van der Waals surface area contributed by atoms with Crippen molar-refractivity contribution in [1.82, 2.24) is 20.5 Å². The third-order valence-corrected chi connectivity index (χ3v) is 8.38. The van der Waals surface area contributed by atoms with Gasteiger partial charge in [0, 0.05) is 56.0 Å². The summed E-state index contributed by atoms with van der Waals surface area (Å²) in [5.41, 5.74) is 9.59. The van der Waals surface area contributed by atoms with Crippen LogP contribution in [0.1, 0.15) is 48.8 Å². The third kappa shape index (κ3) is 8.51. The number of pyridine rings is 1.